The third-order valence-electron chi connectivity index (χ3n) is 17.8. The van der Waals surface area contributed by atoms with Gasteiger partial charge >= 0.3 is 0 Å². The highest BCUT2D eigenvalue weighted by Crippen LogP contribution is 2.25. The van der Waals surface area contributed by atoms with E-state index in [9.17, 15) is 89.5 Å². The minimum Gasteiger partial charge on any atom is -0.497 e. The molecule has 0 radical (unpaired) electrons. The zero-order valence-electron chi connectivity index (χ0n) is 65.2. The number of hydrogen-bond donors (Lipinski definition) is 10. The number of primary amides is 5. The Kier molecular flexibility index (Phi) is 37.3. The molecular formula is C89H82ClF4IN10O16. The number of rotatable bonds is 31. The van der Waals surface area contributed by atoms with Gasteiger partial charge in [-0.3, -0.25) is 71.9 Å². The first-order valence-electron chi connectivity index (χ1n) is 36.5. The SMILES string of the molecule is COc1ccc(F)c(C(=O)N[C@@H](Cc2ccccc2)C(=O)C(N)=O)c1.Cc1ccc(F)c(C(=O)N[C@@H](Cc2ccccc2)C(=O)C(N)=O)c1Cl.Cc1cccc(C(=O)NC(Cc2ccccc2)C(=O)C(N)=O)c1C.NC(=O)C(=O)[C@H](Cc1ccccc1)NC(=O)c1c(F)cccc1I.NC(=O)C(=O)[C@H](Cc1ccccc1)NC(=O)c1ccc(F)cc1. The minimum atomic E-state index is -1.22. The molecule has 15 N–H and O–H groups in total. The molecule has 0 aliphatic carbocycles. The molecule has 0 aromatic heterocycles. The Bertz CT molecular complexity index is 5420. The average molecular weight is 1790 g/mol. The van der Waals surface area contributed by atoms with Crippen molar-refractivity contribution in [3.05, 3.63) is 347 Å². The Morgan fingerprint density at radius 3 is 1.00 bits per heavy atom. The van der Waals surface area contributed by atoms with Crippen LogP contribution >= 0.6 is 34.2 Å². The van der Waals surface area contributed by atoms with E-state index in [2.05, 4.69) is 26.6 Å². The molecule has 0 fully saturated rings. The first-order valence-corrected chi connectivity index (χ1v) is 37.9. The van der Waals surface area contributed by atoms with E-state index in [-0.39, 0.29) is 65.1 Å². The summed E-state index contributed by atoms with van der Waals surface area (Å²) in [5, 5.41) is 12.2. The molecule has 0 heterocycles. The lowest BCUT2D eigenvalue weighted by molar-refractivity contribution is -0.137. The van der Waals surface area contributed by atoms with Crippen LogP contribution in [0.2, 0.25) is 5.02 Å². The molecule has 626 valence electrons. The summed E-state index contributed by atoms with van der Waals surface area (Å²) < 4.78 is 60.0. The largest absolute Gasteiger partial charge is 0.497 e. The van der Waals surface area contributed by atoms with E-state index in [1.807, 2.05) is 78.9 Å². The lowest BCUT2D eigenvalue weighted by atomic mass is 9.99. The van der Waals surface area contributed by atoms with Crippen LogP contribution < -0.4 is 60.0 Å². The number of benzene rings is 10. The maximum atomic E-state index is 14.0. The summed E-state index contributed by atoms with van der Waals surface area (Å²) in [6.45, 7) is 5.36. The summed E-state index contributed by atoms with van der Waals surface area (Å²) in [6, 6.07) is 59.4. The molecule has 5 atom stereocenters. The van der Waals surface area contributed by atoms with Gasteiger partial charge in [-0.25, -0.2) is 17.6 Å². The van der Waals surface area contributed by atoms with Gasteiger partial charge in [-0.2, -0.15) is 0 Å². The second-order valence-electron chi connectivity index (χ2n) is 26.5. The zero-order valence-corrected chi connectivity index (χ0v) is 68.1. The topological polar surface area (TPSA) is 456 Å². The van der Waals surface area contributed by atoms with Crippen molar-refractivity contribution in [2.24, 2.45) is 28.7 Å². The summed E-state index contributed by atoms with van der Waals surface area (Å²) in [4.78, 5) is 178. The molecule has 0 aliphatic rings. The first-order chi connectivity index (χ1) is 57.5. The van der Waals surface area contributed by atoms with Crippen LogP contribution in [0.4, 0.5) is 17.6 Å². The zero-order chi connectivity index (χ0) is 89.2. The highest BCUT2D eigenvalue weighted by molar-refractivity contribution is 14.1. The smallest absolute Gasteiger partial charge is 0.287 e. The molecule has 0 spiro atoms. The van der Waals surface area contributed by atoms with E-state index in [0.717, 1.165) is 58.1 Å². The van der Waals surface area contributed by atoms with Gasteiger partial charge in [0.2, 0.25) is 28.9 Å². The van der Waals surface area contributed by atoms with E-state index >= 15 is 0 Å². The molecule has 10 aromatic rings. The van der Waals surface area contributed by atoms with Crippen LogP contribution in [0.3, 0.4) is 0 Å². The fraction of sp³-hybridized carbons (Fsp3) is 0.157. The van der Waals surface area contributed by atoms with Gasteiger partial charge in [0.05, 0.1) is 28.8 Å². The summed E-state index contributed by atoms with van der Waals surface area (Å²) in [5.74, 6) is -16.2. The van der Waals surface area contributed by atoms with Crippen molar-refractivity contribution < 1.29 is 94.2 Å². The standard InChI is InChI=1S/C19H20N2O3.C18H16ClFN2O3.C18H17FN2O4.C17H14FIN2O3.C17H15FN2O3/c1-12-7-6-10-15(13(12)2)19(24)21-16(17(22)18(20)23)11-14-8-4-3-5-9-14;1-10-7-8-12(20)14(15(10)19)18(25)22-13(16(23)17(21)24)9-11-5-3-2-4-6-11;1-25-12-7-8-14(19)13(10-12)18(24)21-15(16(22)17(20)23)9-11-5-3-2-4-6-11;18-11-7-4-8-12(19)14(11)17(24)21-13(15(22)16(20)23)9-10-5-2-1-3-6-10;18-13-8-6-12(7-9-13)17(23)20-14(15(21)16(19)22)10-11-4-2-1-3-5-11/h3-10,16H,11H2,1-2H3,(H2,20,23)(H,21,24);2-8,13H,9H2,1H3,(H2,21,24)(H,22,25);2-8,10,15H,9H2,1H3,(H2,20,23)(H,21,24);1-8,13H,9H2,(H2,20,23)(H,21,24);1-9,14H,10H2,(H2,19,22)(H,20,23)/t;13-;15-;13-;14-/m.0000/s1. The number of amides is 10. The monoisotopic (exact) mass is 1780 g/mol. The number of aryl methyl sites for hydroxylation is 2. The van der Waals surface area contributed by atoms with Crippen molar-refractivity contribution in [3.63, 3.8) is 0 Å². The molecule has 0 saturated heterocycles. The van der Waals surface area contributed by atoms with Crippen LogP contribution in [0.5, 0.6) is 5.75 Å². The lowest BCUT2D eigenvalue weighted by Gasteiger charge is -2.17. The molecule has 26 nitrogen and oxygen atoms in total. The van der Waals surface area contributed by atoms with E-state index < -0.39 is 141 Å². The third kappa shape index (κ3) is 29.7. The quantitative estimate of drug-likeness (QED) is 0.0111. The number of halogens is 6. The van der Waals surface area contributed by atoms with E-state index in [1.165, 1.54) is 43.5 Å². The summed E-state index contributed by atoms with van der Waals surface area (Å²) in [5.41, 5.74) is 31.2. The molecule has 10 amide bonds. The predicted molar refractivity (Wildman–Crippen MR) is 449 cm³/mol. The molecular weight excluding hydrogens is 1700 g/mol. The number of ketones is 5. The van der Waals surface area contributed by atoms with Gasteiger partial charge in [-0.1, -0.05) is 188 Å². The predicted octanol–water partition coefficient (Wildman–Crippen LogP) is 8.16. The molecule has 0 aliphatic heterocycles. The highest BCUT2D eigenvalue weighted by Gasteiger charge is 2.33. The second kappa shape index (κ2) is 47.3. The lowest BCUT2D eigenvalue weighted by Crippen LogP contribution is -2.47. The number of nitrogens with two attached hydrogens (primary N) is 5. The van der Waals surface area contributed by atoms with Crippen molar-refractivity contribution in [2.45, 2.75) is 83.1 Å². The van der Waals surface area contributed by atoms with Gasteiger partial charge in [0.25, 0.3) is 59.1 Å². The minimum absolute atomic E-state index is 0.0411. The van der Waals surface area contributed by atoms with E-state index in [4.69, 9.17) is 45.0 Å². The van der Waals surface area contributed by atoms with Crippen molar-refractivity contribution >= 4 is 122 Å². The Morgan fingerprint density at radius 1 is 0.339 bits per heavy atom. The molecule has 32 heteroatoms. The van der Waals surface area contributed by atoms with Gasteiger partial charge < -0.3 is 60.0 Å². The van der Waals surface area contributed by atoms with E-state index in [1.54, 1.807) is 140 Å². The van der Waals surface area contributed by atoms with Crippen LogP contribution in [0.15, 0.2) is 243 Å². The van der Waals surface area contributed by atoms with Crippen LogP contribution in [-0.2, 0) is 80.0 Å². The van der Waals surface area contributed by atoms with Crippen molar-refractivity contribution in [3.8, 4) is 5.75 Å². The van der Waals surface area contributed by atoms with Crippen molar-refractivity contribution in [2.75, 3.05) is 7.11 Å². The molecule has 0 saturated carbocycles. The Morgan fingerprint density at radius 2 is 0.653 bits per heavy atom. The van der Waals surface area contributed by atoms with Crippen LogP contribution in [-0.4, -0.2) is 125 Å². The van der Waals surface area contributed by atoms with Crippen LogP contribution in [0, 0.1) is 47.6 Å². The maximum Gasteiger partial charge on any atom is 0.287 e. The number of ether oxygens (including phenoxy) is 1. The summed E-state index contributed by atoms with van der Waals surface area (Å²) >= 11 is 7.83. The fourth-order valence-corrected chi connectivity index (χ4v) is 12.3. The Hall–Kier alpha value is -14.2. The van der Waals surface area contributed by atoms with Crippen molar-refractivity contribution in [1.82, 2.24) is 26.6 Å². The average Bonchev–Trinajstić information content (AvgIpc) is 0.838. The Labute approximate surface area is 710 Å². The molecule has 0 bridgehead atoms. The van der Waals surface area contributed by atoms with Crippen LogP contribution in [0.25, 0.3) is 0 Å². The number of carbonyl (C=O) groups is 15. The van der Waals surface area contributed by atoms with Gasteiger partial charge in [0, 0.05) is 46.8 Å². The molecule has 121 heavy (non-hydrogen) atoms. The van der Waals surface area contributed by atoms with Gasteiger partial charge in [-0.15, -0.1) is 0 Å². The molecule has 10 rings (SSSR count). The van der Waals surface area contributed by atoms with Crippen LogP contribution in [0.1, 0.15) is 96.3 Å². The van der Waals surface area contributed by atoms with Gasteiger partial charge in [0.1, 0.15) is 59.2 Å². The normalized spacial score (nSPS) is 11.6. The summed E-state index contributed by atoms with van der Waals surface area (Å²) in [7, 11) is 1.38. The van der Waals surface area contributed by atoms with E-state index in [0.29, 0.717) is 25.8 Å². The highest BCUT2D eigenvalue weighted by atomic mass is 127. The number of methoxy groups -OCH3 is 1. The summed E-state index contributed by atoms with van der Waals surface area (Å²) in [6.07, 6.45) is 0.521. The molecule has 10 aromatic carbocycles. The molecule has 1 unspecified atom stereocenters. The fourth-order valence-electron chi connectivity index (χ4n) is 11.3. The number of Topliss-reactive ketones (excluding diaryl/α,β-unsaturated/α-hetero) is 5. The first kappa shape index (κ1) is 95.6. The number of carbonyl (C=O) groups excluding carboxylic acids is 15. The Balaban J connectivity index is 0.000000234. The number of hydrogen-bond acceptors (Lipinski definition) is 16. The second-order valence-corrected chi connectivity index (χ2v) is 28.0. The third-order valence-corrected chi connectivity index (χ3v) is 19.2. The van der Waals surface area contributed by atoms with Gasteiger partial charge in [-0.05, 0) is 155 Å². The van der Waals surface area contributed by atoms with Gasteiger partial charge in [0.15, 0.2) is 0 Å². The maximum absolute atomic E-state index is 14.0. The van der Waals surface area contributed by atoms with Crippen molar-refractivity contribution in [1.29, 1.82) is 0 Å². The number of nitrogens with one attached hydrogen (secondary N) is 5.